The third-order valence-corrected chi connectivity index (χ3v) is 20.1. The number of nitrogens with one attached hydrogen (secondary N) is 1. The van der Waals surface area contributed by atoms with E-state index in [1.165, 1.54) is 0 Å². The number of hydrogen-bond donors (Lipinski definition) is 26. The molecule has 26 N–H and O–H groups in total. The number of ether oxygens (including phenoxy) is 16. The van der Waals surface area contributed by atoms with Crippen LogP contribution in [-0.2, 0) is 87.0 Å². The fourth-order valence-corrected chi connectivity index (χ4v) is 14.1. The maximum absolute atomic E-state index is 11.4. The number of carboxylic acid groups (broad SMARTS) is 1. The molecule has 16 bridgehead atoms. The average Bonchev–Trinajstić information content (AvgIpc) is 0.774. The number of benzene rings is 2. The fourth-order valence-electron chi connectivity index (χ4n) is 13.6. The predicted octanol–water partition coefficient (Wildman–Crippen LogP) is -13.4. The predicted molar refractivity (Wildman–Crippen MR) is 344 cm³/mol. The number of carbonyl (C=O) groups is 1. The van der Waals surface area contributed by atoms with Gasteiger partial charge < -0.3 is 209 Å². The zero-order valence-corrected chi connectivity index (χ0v) is 60.4. The Bertz CT molecular complexity index is 2660. The van der Waals surface area contributed by atoms with Crippen LogP contribution in [0.15, 0.2) is 42.5 Å². The largest absolute Gasteiger partial charge is 0.481 e. The molecular formula is C62H91Cl2NNaO42. The minimum Gasteiger partial charge on any atom is -0.481 e. The fraction of sp³-hybridized carbons (Fsp3) is 0.790. The summed E-state index contributed by atoms with van der Waals surface area (Å²) < 4.78 is 91.1. The molecule has 0 spiro atoms. The molecule has 1 radical (unpaired) electrons. The molecule has 2 aromatic rings. The van der Waals surface area contributed by atoms with Crippen LogP contribution < -0.4 is 5.32 Å². The summed E-state index contributed by atoms with van der Waals surface area (Å²) in [5.41, 5.74) is 1.93. The molecule has 2 aromatic carbocycles. The Balaban J connectivity index is 0.000000583. The van der Waals surface area contributed by atoms with Gasteiger partial charge in [0.25, 0.3) is 0 Å². The molecule has 611 valence electrons. The standard InChI is InChI=1S/C48H80O40.C14H11Cl2NO2.Na/c49-1-9-33-17(57)25(65)41(73-9)82-34-10(2-50)75-43(27(67)19(34)59)84-36-12(4-52)77-45(29(69)21(36)61)86-38-14(6-54)79-47(31(71)23(38)63)88-40-16(8-56)80-48(32(72)24(40)64)87-39-15(7-55)78-46(30(70)22(39)62)85-37-13(5-53)76-44(28(68)20(37)60)83-35-11(3-51)74-42(81-33)26(66)18(35)58;15-10-5-3-6-11(16)14(10)17-12-7-2-1-4-9(12)8-13(18)19;/h9-72H,1-8H2;1-7,17H,8H2,(H,18,19);/t9-,10-,11-,12-,13-,14-,15-,16-,17-,18-,19-,20-,21+,22+,23+,24-,25-,26-,27-,28-,29-,30+,31+,32-,33-,34-,35-,36-,37-,38-,39-,40-,41-,42-,43-,44-,45-,46-,47-,48-;;/m1../s1. The van der Waals surface area contributed by atoms with E-state index in [1.54, 1.807) is 36.4 Å². The van der Waals surface area contributed by atoms with E-state index in [2.05, 4.69) is 5.32 Å². The molecule has 46 heteroatoms. The average molecular weight is 1620 g/mol. The summed E-state index contributed by atoms with van der Waals surface area (Å²) >= 11 is 12.1. The van der Waals surface area contributed by atoms with Gasteiger partial charge in [0, 0.05) is 35.2 Å². The quantitative estimate of drug-likeness (QED) is 0.0878. The van der Waals surface area contributed by atoms with Crippen LogP contribution >= 0.6 is 23.2 Å². The first-order valence-corrected chi connectivity index (χ1v) is 34.5. The number of carboxylic acids is 1. The molecule has 40 atom stereocenters. The topological polar surface area (TPSA) is 683 Å². The van der Waals surface area contributed by atoms with E-state index in [1.807, 2.05) is 6.07 Å². The van der Waals surface area contributed by atoms with Gasteiger partial charge in [-0.3, -0.25) is 4.79 Å². The summed E-state index contributed by atoms with van der Waals surface area (Å²) in [6.45, 7) is -8.64. The van der Waals surface area contributed by atoms with Crippen LogP contribution in [0.4, 0.5) is 11.4 Å². The second-order valence-corrected chi connectivity index (χ2v) is 27.2. The molecule has 30 heterocycles. The van der Waals surface area contributed by atoms with Crippen LogP contribution in [-0.4, -0.2) is 462 Å². The monoisotopic (exact) mass is 1610 g/mol. The number of aliphatic carboxylic acids is 1. The van der Waals surface area contributed by atoms with Gasteiger partial charge in [0.1, 0.15) is 195 Å². The summed E-state index contributed by atoms with van der Waals surface area (Å²) in [4.78, 5) is 10.8. The molecule has 108 heavy (non-hydrogen) atoms. The van der Waals surface area contributed by atoms with Gasteiger partial charge in [-0.2, -0.15) is 0 Å². The van der Waals surface area contributed by atoms with E-state index in [0.717, 1.165) is 0 Å². The molecule has 0 aliphatic carbocycles. The van der Waals surface area contributed by atoms with Gasteiger partial charge in [0.15, 0.2) is 50.3 Å². The van der Waals surface area contributed by atoms with Crippen molar-refractivity contribution in [1.82, 2.24) is 0 Å². The number of halogens is 2. The molecule has 0 unspecified atom stereocenters. The van der Waals surface area contributed by atoms with Crippen LogP contribution in [0.3, 0.4) is 0 Å². The van der Waals surface area contributed by atoms with Gasteiger partial charge >= 0.3 is 5.97 Å². The number of aliphatic hydroxyl groups excluding tert-OH is 24. The molecular weight excluding hydrogens is 1520 g/mol. The zero-order chi connectivity index (χ0) is 77.9. The third kappa shape index (κ3) is 19.2. The Morgan fingerprint density at radius 1 is 0.287 bits per heavy atom. The third-order valence-electron chi connectivity index (χ3n) is 19.5. The van der Waals surface area contributed by atoms with E-state index in [-0.39, 0.29) is 36.0 Å². The first-order chi connectivity index (χ1) is 51.0. The van der Waals surface area contributed by atoms with Crippen molar-refractivity contribution in [2.75, 3.05) is 58.2 Å². The summed E-state index contributed by atoms with van der Waals surface area (Å²) in [5, 5.41) is 278. The van der Waals surface area contributed by atoms with Gasteiger partial charge in [-0.1, -0.05) is 47.5 Å². The summed E-state index contributed by atoms with van der Waals surface area (Å²) in [6.07, 6.45) is -82.0. The van der Waals surface area contributed by atoms with E-state index in [0.29, 0.717) is 27.0 Å². The summed E-state index contributed by atoms with van der Waals surface area (Å²) in [7, 11) is 0. The molecule has 0 aromatic heterocycles. The maximum Gasteiger partial charge on any atom is 0.307 e. The van der Waals surface area contributed by atoms with Crippen LogP contribution in [0.1, 0.15) is 5.56 Å². The van der Waals surface area contributed by atoms with Crippen LogP contribution in [0.2, 0.25) is 10.0 Å². The normalized spacial score (nSPS) is 46.9. The van der Waals surface area contributed by atoms with Crippen molar-refractivity contribution < 1.29 is 208 Å². The molecule has 30 fully saturated rings. The van der Waals surface area contributed by atoms with Crippen LogP contribution in [0.25, 0.3) is 0 Å². The molecule has 32 rings (SSSR count). The Labute approximate surface area is 643 Å². The minimum absolute atomic E-state index is 0. The van der Waals surface area contributed by atoms with Crippen molar-refractivity contribution in [3.8, 4) is 0 Å². The molecule has 43 nitrogen and oxygen atoms in total. The maximum atomic E-state index is 11.4. The van der Waals surface area contributed by atoms with Crippen molar-refractivity contribution in [1.29, 1.82) is 0 Å². The molecule has 30 aliphatic rings. The molecule has 30 aliphatic heterocycles. The van der Waals surface area contributed by atoms with Gasteiger partial charge in [0.2, 0.25) is 0 Å². The van der Waals surface area contributed by atoms with Gasteiger partial charge in [-0.15, -0.1) is 0 Å². The second-order valence-electron chi connectivity index (χ2n) is 26.4. The first-order valence-electron chi connectivity index (χ1n) is 33.7. The molecule has 0 saturated carbocycles. The summed E-state index contributed by atoms with van der Waals surface area (Å²) in [5.74, 6) is -0.889. The SMILES string of the molecule is O=C(O)Cc1ccccc1Nc1c(Cl)cccc1Cl.OC[C@H]1O[C@@H]2O[C@H]3[C@H](O)[C@@H](O)[C@@H](O[C@H]4[C@H](O)[C@@H](O)[C@@H](O[C@H]5[C@H](O)[C@@H](O)[C@@H](O[C@H]6[C@@H](O)[C@@H](O)[C@@H](O[C@H]7[C@@H](O)[C@H](O)[C@@H](O[C@H]8[C@H](O)[C@@H](O)[C@@H](O[C@H]9[C@@H](O)[C@H](O)[C@@H](O[C@H]1[C@H](O)[C@H]2O)O[C@@H]9CO)O[C@@H]8CO)O[C@@H]7CO)O[C@@H]6CO)O[C@@H]5CO)O[C@@H]4CO)O[C@@H]3CO.[Na]. The van der Waals surface area contributed by atoms with Crippen molar-refractivity contribution in [3.05, 3.63) is 58.1 Å². The smallest absolute Gasteiger partial charge is 0.307 e. The zero-order valence-electron chi connectivity index (χ0n) is 56.9. The van der Waals surface area contributed by atoms with Crippen molar-refractivity contribution in [2.45, 2.75) is 252 Å². The molecule has 30 saturated heterocycles. The van der Waals surface area contributed by atoms with Crippen molar-refractivity contribution in [2.24, 2.45) is 0 Å². The van der Waals surface area contributed by atoms with E-state index in [9.17, 15) is 127 Å². The van der Waals surface area contributed by atoms with Crippen molar-refractivity contribution in [3.63, 3.8) is 0 Å². The van der Waals surface area contributed by atoms with Gasteiger partial charge in [-0.25, -0.2) is 0 Å². The Morgan fingerprint density at radius 3 is 0.648 bits per heavy atom. The Hall–Kier alpha value is -2.31. The van der Waals surface area contributed by atoms with Crippen LogP contribution in [0.5, 0.6) is 0 Å². The number of anilines is 2. The number of para-hydroxylation sites is 2. The molecule has 0 amide bonds. The van der Waals surface area contributed by atoms with E-state index in [4.69, 9.17) is 104 Å². The van der Waals surface area contributed by atoms with Gasteiger partial charge in [0.05, 0.1) is 75.0 Å². The van der Waals surface area contributed by atoms with E-state index < -0.39 is 304 Å². The number of rotatable bonds is 12. The van der Waals surface area contributed by atoms with E-state index >= 15 is 0 Å². The second kappa shape index (κ2) is 39.6. The first kappa shape index (κ1) is 89.6. The number of aliphatic hydroxyl groups is 24. The number of hydrogen-bond acceptors (Lipinski definition) is 42. The van der Waals surface area contributed by atoms with Gasteiger partial charge in [-0.05, 0) is 23.8 Å². The Morgan fingerprint density at radius 2 is 0.472 bits per heavy atom. The van der Waals surface area contributed by atoms with Crippen LogP contribution in [0, 0.1) is 0 Å². The Kier molecular flexibility index (Phi) is 32.8. The summed E-state index contributed by atoms with van der Waals surface area (Å²) in [6, 6.07) is 12.3. The minimum atomic E-state index is -2.25. The van der Waals surface area contributed by atoms with Crippen molar-refractivity contribution >= 4 is 70.1 Å².